The summed E-state index contributed by atoms with van der Waals surface area (Å²) in [5.41, 5.74) is 2.85. The Morgan fingerprint density at radius 2 is 2.26 bits per heavy atom. The molecule has 0 radical (unpaired) electrons. The quantitative estimate of drug-likeness (QED) is 0.788. The van der Waals surface area contributed by atoms with Crippen LogP contribution in [0.15, 0.2) is 40.2 Å². The highest BCUT2D eigenvalue weighted by Gasteiger charge is 2.35. The number of alkyl halides is 1. The van der Waals surface area contributed by atoms with Crippen molar-refractivity contribution in [3.8, 4) is 0 Å². The topological polar surface area (TPSA) is 42.3 Å². The molecule has 5 nitrogen and oxygen atoms in total. The number of fused-ring (bicyclic) bond motifs is 2. The van der Waals surface area contributed by atoms with Crippen molar-refractivity contribution in [2.45, 2.75) is 25.6 Å². The maximum absolute atomic E-state index is 9.65. The Kier molecular flexibility index (Phi) is 3.03. The number of rotatable bonds is 2. The van der Waals surface area contributed by atoms with Crippen molar-refractivity contribution in [2.75, 3.05) is 13.2 Å². The number of allylic oxidation sites excluding steroid dienone is 2. The first-order valence-electron chi connectivity index (χ1n) is 6.44. The van der Waals surface area contributed by atoms with Gasteiger partial charge in [-0.1, -0.05) is 6.92 Å². The molecule has 1 N–H and O–H groups in total. The predicted octanol–water partition coefficient (Wildman–Crippen LogP) is 2.28. The molecule has 0 amide bonds. The zero-order valence-corrected chi connectivity index (χ0v) is 11.8. The molecule has 0 aromatic heterocycles. The second kappa shape index (κ2) is 4.58. The summed E-state index contributed by atoms with van der Waals surface area (Å²) >= 11 is 6.44. The SMILES string of the molecule is CCCN1C=C(C)C(Cl)C2=C1N1CN(O)C=C1C=N2. The van der Waals surface area contributed by atoms with Crippen molar-refractivity contribution in [1.29, 1.82) is 0 Å². The Balaban J connectivity index is 2.03. The fraction of sp³-hybridized carbons (Fsp3) is 0.462. The van der Waals surface area contributed by atoms with Gasteiger partial charge < -0.3 is 9.80 Å². The molecule has 0 fully saturated rings. The van der Waals surface area contributed by atoms with E-state index in [0.29, 0.717) is 6.67 Å². The van der Waals surface area contributed by atoms with Crippen molar-refractivity contribution in [1.82, 2.24) is 14.9 Å². The van der Waals surface area contributed by atoms with Crippen LogP contribution < -0.4 is 0 Å². The van der Waals surface area contributed by atoms with Gasteiger partial charge in [0.25, 0.3) is 0 Å². The third kappa shape index (κ3) is 1.93. The number of aliphatic imine (C=N–C) groups is 1. The largest absolute Gasteiger partial charge is 0.333 e. The smallest absolute Gasteiger partial charge is 0.138 e. The molecule has 0 aromatic carbocycles. The van der Waals surface area contributed by atoms with Crippen LogP contribution in [0.25, 0.3) is 0 Å². The third-order valence-electron chi connectivity index (χ3n) is 3.44. The Morgan fingerprint density at radius 3 is 3.00 bits per heavy atom. The van der Waals surface area contributed by atoms with E-state index in [0.717, 1.165) is 40.8 Å². The Labute approximate surface area is 117 Å². The van der Waals surface area contributed by atoms with Gasteiger partial charge >= 0.3 is 0 Å². The zero-order chi connectivity index (χ0) is 13.6. The molecule has 6 heteroatoms. The number of hydrogen-bond donors (Lipinski definition) is 1. The van der Waals surface area contributed by atoms with Crippen molar-refractivity contribution in [3.63, 3.8) is 0 Å². The summed E-state index contributed by atoms with van der Waals surface area (Å²) in [5.74, 6) is 0.984. The highest BCUT2D eigenvalue weighted by Crippen LogP contribution is 2.37. The molecule has 0 aromatic rings. The first kappa shape index (κ1) is 12.6. The van der Waals surface area contributed by atoms with Gasteiger partial charge in [0.1, 0.15) is 23.6 Å². The number of nitrogens with zero attached hydrogens (tertiary/aromatic N) is 4. The number of hydrogen-bond acceptors (Lipinski definition) is 5. The van der Waals surface area contributed by atoms with E-state index in [1.54, 1.807) is 12.4 Å². The van der Waals surface area contributed by atoms with Crippen molar-refractivity contribution in [3.05, 3.63) is 35.2 Å². The molecule has 0 aliphatic carbocycles. The number of halogens is 1. The predicted molar refractivity (Wildman–Crippen MR) is 74.3 cm³/mol. The lowest BCUT2D eigenvalue weighted by Crippen LogP contribution is -2.40. The van der Waals surface area contributed by atoms with Crippen LogP contribution in [0.5, 0.6) is 0 Å². The Hall–Kier alpha value is -1.46. The van der Waals surface area contributed by atoms with Crippen LogP contribution in [-0.2, 0) is 0 Å². The maximum Gasteiger partial charge on any atom is 0.138 e. The summed E-state index contributed by atoms with van der Waals surface area (Å²) in [5, 5.41) is 10.6. The van der Waals surface area contributed by atoms with E-state index in [1.165, 1.54) is 0 Å². The van der Waals surface area contributed by atoms with Crippen LogP contribution in [0.4, 0.5) is 0 Å². The molecule has 0 saturated carbocycles. The number of hydroxylamine groups is 2. The molecule has 0 bridgehead atoms. The summed E-state index contributed by atoms with van der Waals surface area (Å²) in [4.78, 5) is 8.70. The lowest BCUT2D eigenvalue weighted by molar-refractivity contribution is -0.0533. The van der Waals surface area contributed by atoms with Gasteiger partial charge in [-0.3, -0.25) is 10.2 Å². The van der Waals surface area contributed by atoms with E-state index < -0.39 is 0 Å². The fourth-order valence-electron chi connectivity index (χ4n) is 2.59. The molecule has 1 atom stereocenters. The van der Waals surface area contributed by atoms with Gasteiger partial charge in [-0.2, -0.15) is 0 Å². The standard InChI is InChI=1S/C13H17ClN4O/c1-3-4-16-6-9(2)11(14)12-13(16)18-8-17(19)7-10(18)5-15-12/h5-7,11,19H,3-4,8H2,1-2H3. The average Bonchev–Trinajstić information content (AvgIpc) is 2.75. The normalized spacial score (nSPS) is 25.5. The molecular formula is C13H17ClN4O. The minimum Gasteiger partial charge on any atom is -0.333 e. The van der Waals surface area contributed by atoms with E-state index in [2.05, 4.69) is 23.0 Å². The third-order valence-corrected chi connectivity index (χ3v) is 3.99. The molecule has 3 heterocycles. The molecular weight excluding hydrogens is 264 g/mol. The van der Waals surface area contributed by atoms with Gasteiger partial charge in [0.05, 0.1) is 18.1 Å². The molecule has 1 unspecified atom stereocenters. The monoisotopic (exact) mass is 280 g/mol. The zero-order valence-electron chi connectivity index (χ0n) is 11.0. The van der Waals surface area contributed by atoms with Gasteiger partial charge in [0.2, 0.25) is 0 Å². The van der Waals surface area contributed by atoms with Crippen LogP contribution >= 0.6 is 11.6 Å². The van der Waals surface area contributed by atoms with Crippen LogP contribution in [0.3, 0.4) is 0 Å². The van der Waals surface area contributed by atoms with Gasteiger partial charge in [-0.05, 0) is 18.9 Å². The van der Waals surface area contributed by atoms with Gasteiger partial charge in [-0.15, -0.1) is 11.6 Å². The Morgan fingerprint density at radius 1 is 1.47 bits per heavy atom. The summed E-state index contributed by atoms with van der Waals surface area (Å²) in [6, 6.07) is 0. The fourth-order valence-corrected chi connectivity index (χ4v) is 2.80. The lowest BCUT2D eigenvalue weighted by Gasteiger charge is -2.39. The molecule has 102 valence electrons. The lowest BCUT2D eigenvalue weighted by atomic mass is 10.1. The maximum atomic E-state index is 9.65. The molecule has 3 aliphatic heterocycles. The second-order valence-corrected chi connectivity index (χ2v) is 5.40. The highest BCUT2D eigenvalue weighted by molar-refractivity contribution is 6.24. The average molecular weight is 281 g/mol. The van der Waals surface area contributed by atoms with Crippen molar-refractivity contribution in [2.24, 2.45) is 4.99 Å². The molecule has 3 rings (SSSR count). The van der Waals surface area contributed by atoms with Crippen LogP contribution in [-0.4, -0.2) is 44.9 Å². The summed E-state index contributed by atoms with van der Waals surface area (Å²) in [6.07, 6.45) is 6.55. The van der Waals surface area contributed by atoms with Crippen molar-refractivity contribution >= 4 is 17.8 Å². The molecule has 3 aliphatic rings. The van der Waals surface area contributed by atoms with Gasteiger partial charge in [0.15, 0.2) is 0 Å². The summed E-state index contributed by atoms with van der Waals surface area (Å²) < 4.78 is 0. The van der Waals surface area contributed by atoms with Crippen molar-refractivity contribution < 1.29 is 5.21 Å². The molecule has 0 saturated heterocycles. The molecule has 0 spiro atoms. The second-order valence-electron chi connectivity index (χ2n) is 4.96. The minimum absolute atomic E-state index is 0.200. The van der Waals surface area contributed by atoms with Crippen LogP contribution in [0.2, 0.25) is 0 Å². The molecule has 19 heavy (non-hydrogen) atoms. The Bertz CT molecular complexity index is 523. The van der Waals surface area contributed by atoms with E-state index >= 15 is 0 Å². The van der Waals surface area contributed by atoms with E-state index in [1.807, 2.05) is 11.8 Å². The minimum atomic E-state index is -0.200. The van der Waals surface area contributed by atoms with E-state index in [-0.39, 0.29) is 5.38 Å². The van der Waals surface area contributed by atoms with Crippen LogP contribution in [0.1, 0.15) is 20.3 Å². The first-order valence-corrected chi connectivity index (χ1v) is 6.87. The van der Waals surface area contributed by atoms with E-state index in [4.69, 9.17) is 11.6 Å². The van der Waals surface area contributed by atoms with Crippen LogP contribution in [0, 0.1) is 0 Å². The van der Waals surface area contributed by atoms with E-state index in [9.17, 15) is 5.21 Å². The highest BCUT2D eigenvalue weighted by atomic mass is 35.5. The summed E-state index contributed by atoms with van der Waals surface area (Å²) in [6.45, 7) is 5.48. The first-order chi connectivity index (χ1) is 9.11. The summed E-state index contributed by atoms with van der Waals surface area (Å²) in [7, 11) is 0. The van der Waals surface area contributed by atoms with Gasteiger partial charge in [-0.25, -0.2) is 5.06 Å². The van der Waals surface area contributed by atoms with Gasteiger partial charge in [0, 0.05) is 12.7 Å².